The Kier molecular flexibility index (Phi) is 53.3. The van der Waals surface area contributed by atoms with Crippen molar-refractivity contribution in [3.8, 4) is 0 Å². The lowest BCUT2D eigenvalue weighted by molar-refractivity contribution is -0.123. The molecule has 0 saturated carbocycles. The molecule has 0 rings (SSSR count). The minimum Gasteiger partial charge on any atom is -0.394 e. The van der Waals surface area contributed by atoms with E-state index in [2.05, 4.69) is 79.9 Å². The van der Waals surface area contributed by atoms with Crippen molar-refractivity contribution in [2.24, 2.45) is 0 Å². The number of carbonyl (C=O) groups is 1. The van der Waals surface area contributed by atoms with Crippen LogP contribution in [-0.2, 0) is 4.79 Å². The lowest BCUT2D eigenvalue weighted by Gasteiger charge is -2.19. The fraction of sp³-hybridized carbons (Fsp3) is 0.783. The lowest BCUT2D eigenvalue weighted by Crippen LogP contribution is -2.45. The van der Waals surface area contributed by atoms with Crippen LogP contribution in [0.5, 0.6) is 0 Å². The molecule has 2 unspecified atom stereocenters. The number of carbonyl (C=O) groups excluding carboxylic acids is 1. The van der Waals surface area contributed by atoms with Crippen molar-refractivity contribution in [2.75, 3.05) is 6.61 Å². The molecule has 372 valence electrons. The Morgan fingerprint density at radius 2 is 0.703 bits per heavy atom. The molecule has 0 aliphatic heterocycles. The average Bonchev–Trinajstić information content (AvgIpc) is 3.30. The van der Waals surface area contributed by atoms with Crippen LogP contribution in [0.3, 0.4) is 0 Å². The Balaban J connectivity index is 3.52. The van der Waals surface area contributed by atoms with Gasteiger partial charge >= 0.3 is 0 Å². The van der Waals surface area contributed by atoms with Crippen LogP contribution in [-0.4, -0.2) is 34.9 Å². The number of amides is 1. The quantitative estimate of drug-likeness (QED) is 0.0421. The van der Waals surface area contributed by atoms with Crippen molar-refractivity contribution in [3.05, 3.63) is 72.9 Å². The van der Waals surface area contributed by atoms with E-state index in [-0.39, 0.29) is 12.5 Å². The first-order valence-electron chi connectivity index (χ1n) is 28.2. The molecule has 0 aromatic carbocycles. The SMILES string of the molecule is CC/C=C\C/C=C\C/C=C\C/C=C\CCCCCCCCC(=O)NC(CO)C(O)/C=C/CC/C=C/CCCCCCCCCCCCCCCCCCCCCCCCCCCCC. The predicted molar refractivity (Wildman–Crippen MR) is 285 cm³/mol. The third-order valence-electron chi connectivity index (χ3n) is 12.7. The van der Waals surface area contributed by atoms with Crippen molar-refractivity contribution < 1.29 is 15.0 Å². The number of hydrogen-bond donors (Lipinski definition) is 3. The second kappa shape index (κ2) is 55.2. The van der Waals surface area contributed by atoms with Crippen molar-refractivity contribution in [2.45, 2.75) is 296 Å². The number of hydrogen-bond acceptors (Lipinski definition) is 3. The Hall–Kier alpha value is -2.17. The zero-order valence-corrected chi connectivity index (χ0v) is 42.8. The van der Waals surface area contributed by atoms with E-state index in [4.69, 9.17) is 0 Å². The molecule has 0 fully saturated rings. The van der Waals surface area contributed by atoms with Crippen LogP contribution in [0.2, 0.25) is 0 Å². The minimum absolute atomic E-state index is 0.0880. The highest BCUT2D eigenvalue weighted by Gasteiger charge is 2.18. The third kappa shape index (κ3) is 50.8. The van der Waals surface area contributed by atoms with Crippen molar-refractivity contribution in [1.82, 2.24) is 5.32 Å². The van der Waals surface area contributed by atoms with Gasteiger partial charge in [-0.2, -0.15) is 0 Å². The Morgan fingerprint density at radius 3 is 1.09 bits per heavy atom. The number of aliphatic hydroxyl groups is 2. The van der Waals surface area contributed by atoms with Gasteiger partial charge in [0.05, 0.1) is 18.8 Å². The highest BCUT2D eigenvalue weighted by Crippen LogP contribution is 2.17. The van der Waals surface area contributed by atoms with Gasteiger partial charge in [0.15, 0.2) is 0 Å². The van der Waals surface area contributed by atoms with Crippen LogP contribution in [0.1, 0.15) is 284 Å². The molecule has 4 nitrogen and oxygen atoms in total. The fourth-order valence-electron chi connectivity index (χ4n) is 8.42. The summed E-state index contributed by atoms with van der Waals surface area (Å²) in [5, 5.41) is 23.1. The van der Waals surface area contributed by atoms with E-state index < -0.39 is 12.1 Å². The van der Waals surface area contributed by atoms with E-state index in [1.165, 1.54) is 193 Å². The van der Waals surface area contributed by atoms with Gasteiger partial charge in [-0.15, -0.1) is 0 Å². The third-order valence-corrected chi connectivity index (χ3v) is 12.7. The number of aliphatic hydroxyl groups excluding tert-OH is 2. The van der Waals surface area contributed by atoms with Crippen LogP contribution in [0.4, 0.5) is 0 Å². The summed E-state index contributed by atoms with van der Waals surface area (Å²) in [5.41, 5.74) is 0. The first kappa shape index (κ1) is 61.8. The summed E-state index contributed by atoms with van der Waals surface area (Å²) in [6, 6.07) is -0.652. The zero-order valence-electron chi connectivity index (χ0n) is 42.8. The molecule has 0 aliphatic rings. The maximum atomic E-state index is 12.4. The van der Waals surface area contributed by atoms with E-state index in [0.717, 1.165) is 70.6 Å². The maximum absolute atomic E-state index is 12.4. The second-order valence-corrected chi connectivity index (χ2v) is 19.0. The predicted octanol–water partition coefficient (Wildman–Crippen LogP) is 18.6. The van der Waals surface area contributed by atoms with E-state index in [1.54, 1.807) is 6.08 Å². The molecular weight excluding hydrogens is 783 g/mol. The van der Waals surface area contributed by atoms with Crippen LogP contribution >= 0.6 is 0 Å². The van der Waals surface area contributed by atoms with Crippen LogP contribution in [0.15, 0.2) is 72.9 Å². The second-order valence-electron chi connectivity index (χ2n) is 19.0. The summed E-state index contributed by atoms with van der Waals surface area (Å²) in [4.78, 5) is 12.4. The van der Waals surface area contributed by atoms with Gasteiger partial charge in [0.1, 0.15) is 0 Å². The van der Waals surface area contributed by atoms with Gasteiger partial charge < -0.3 is 15.5 Å². The van der Waals surface area contributed by atoms with Crippen molar-refractivity contribution in [3.63, 3.8) is 0 Å². The number of rotatable bonds is 51. The number of unbranched alkanes of at least 4 members (excludes halogenated alkanes) is 34. The molecule has 0 radical (unpaired) electrons. The topological polar surface area (TPSA) is 69.6 Å². The molecular formula is C60H109NO3. The summed E-state index contributed by atoms with van der Waals surface area (Å²) < 4.78 is 0. The molecule has 0 aromatic heterocycles. The summed E-state index contributed by atoms with van der Waals surface area (Å²) in [5.74, 6) is -0.0880. The van der Waals surface area contributed by atoms with E-state index in [1.807, 2.05) is 6.08 Å². The molecule has 0 heterocycles. The largest absolute Gasteiger partial charge is 0.394 e. The summed E-state index contributed by atoms with van der Waals surface area (Å²) in [6.07, 6.45) is 79.3. The van der Waals surface area contributed by atoms with Crippen molar-refractivity contribution in [1.29, 1.82) is 0 Å². The van der Waals surface area contributed by atoms with Gasteiger partial charge in [-0.05, 0) is 70.6 Å². The van der Waals surface area contributed by atoms with E-state index >= 15 is 0 Å². The Bertz CT molecular complexity index is 1100. The Labute approximate surface area is 399 Å². The van der Waals surface area contributed by atoms with Gasteiger partial charge in [0, 0.05) is 6.42 Å². The van der Waals surface area contributed by atoms with Gasteiger partial charge in [-0.3, -0.25) is 4.79 Å². The molecule has 2 atom stereocenters. The monoisotopic (exact) mass is 892 g/mol. The molecule has 0 saturated heterocycles. The normalized spacial score (nSPS) is 13.4. The highest BCUT2D eigenvalue weighted by atomic mass is 16.3. The molecule has 64 heavy (non-hydrogen) atoms. The fourth-order valence-corrected chi connectivity index (χ4v) is 8.42. The minimum atomic E-state index is -0.874. The summed E-state index contributed by atoms with van der Waals surface area (Å²) in [7, 11) is 0. The van der Waals surface area contributed by atoms with Gasteiger partial charge in [-0.25, -0.2) is 0 Å². The van der Waals surface area contributed by atoms with E-state index in [0.29, 0.717) is 6.42 Å². The number of allylic oxidation sites excluding steroid dienone is 11. The van der Waals surface area contributed by atoms with Crippen molar-refractivity contribution >= 4 is 5.91 Å². The van der Waals surface area contributed by atoms with Crippen LogP contribution < -0.4 is 5.32 Å². The molecule has 0 aromatic rings. The maximum Gasteiger partial charge on any atom is 0.220 e. The van der Waals surface area contributed by atoms with Gasteiger partial charge in [0.25, 0.3) is 0 Å². The number of nitrogens with one attached hydrogen (secondary N) is 1. The standard InChI is InChI=1S/C60H109NO3/c1-3-5-7-9-11-13-15-17-19-21-23-24-25-26-27-28-29-30-31-32-33-34-35-36-38-39-41-43-45-47-49-51-53-55-59(63)58(57-62)61-60(64)56-54-52-50-48-46-44-42-40-37-22-20-18-16-14-12-10-8-6-4-2/h6,8,12,14,18,20,37,40,45,47,53,55,58-59,62-63H,3-5,7,9-11,13,15-17,19,21-36,38-39,41-44,46,48-52,54,56-57H2,1-2H3,(H,61,64)/b8-6-,14-12-,20-18-,40-37-,47-45+,55-53+. The van der Waals surface area contributed by atoms with E-state index in [9.17, 15) is 15.0 Å². The Morgan fingerprint density at radius 1 is 0.391 bits per heavy atom. The van der Waals surface area contributed by atoms with Crippen LogP contribution in [0.25, 0.3) is 0 Å². The molecule has 0 spiro atoms. The smallest absolute Gasteiger partial charge is 0.220 e. The summed E-state index contributed by atoms with van der Waals surface area (Å²) in [6.45, 7) is 4.19. The molecule has 3 N–H and O–H groups in total. The lowest BCUT2D eigenvalue weighted by atomic mass is 10.0. The zero-order chi connectivity index (χ0) is 46.3. The first-order chi connectivity index (χ1) is 31.7. The van der Waals surface area contributed by atoms with Crippen LogP contribution in [0, 0.1) is 0 Å². The average molecular weight is 893 g/mol. The molecule has 0 bridgehead atoms. The van der Waals surface area contributed by atoms with Gasteiger partial charge in [0.2, 0.25) is 5.91 Å². The molecule has 1 amide bonds. The highest BCUT2D eigenvalue weighted by molar-refractivity contribution is 5.76. The van der Waals surface area contributed by atoms with Gasteiger partial charge in [-0.1, -0.05) is 279 Å². The summed E-state index contributed by atoms with van der Waals surface area (Å²) >= 11 is 0. The molecule has 4 heteroatoms. The molecule has 0 aliphatic carbocycles. The first-order valence-corrected chi connectivity index (χ1v) is 28.2.